The Labute approximate surface area is 142 Å². The number of ketones is 1. The fraction of sp³-hybridized carbons (Fsp3) is 0.579. The summed E-state index contributed by atoms with van der Waals surface area (Å²) in [6, 6.07) is 3.67. The van der Waals surface area contributed by atoms with Gasteiger partial charge in [-0.25, -0.2) is 8.78 Å². The maximum Gasteiger partial charge on any atom is 0.223 e. The van der Waals surface area contributed by atoms with Gasteiger partial charge in [0, 0.05) is 13.0 Å². The molecule has 0 spiro atoms. The molecule has 1 aliphatic rings. The van der Waals surface area contributed by atoms with E-state index in [0.717, 1.165) is 6.07 Å². The number of carbonyl (C=O) groups excluding carboxylic acids is 2. The number of nitrogens with zero attached hydrogens (tertiary/aromatic N) is 1. The minimum atomic E-state index is -0.866. The molecule has 0 N–H and O–H groups in total. The summed E-state index contributed by atoms with van der Waals surface area (Å²) >= 11 is 0. The molecule has 24 heavy (non-hydrogen) atoms. The zero-order valence-electron chi connectivity index (χ0n) is 14.7. The monoisotopic (exact) mass is 337 g/mol. The molecule has 0 bridgehead atoms. The van der Waals surface area contributed by atoms with Crippen LogP contribution in [0.3, 0.4) is 0 Å². The molecule has 1 aromatic carbocycles. The predicted molar refractivity (Wildman–Crippen MR) is 88.4 cm³/mol. The zero-order chi connectivity index (χ0) is 18.1. The first-order valence-electron chi connectivity index (χ1n) is 8.31. The van der Waals surface area contributed by atoms with Gasteiger partial charge in [-0.3, -0.25) is 9.59 Å². The molecular formula is C19H25F2NO2. The highest BCUT2D eigenvalue weighted by atomic mass is 19.2. The minimum absolute atomic E-state index is 0.0425. The highest BCUT2D eigenvalue weighted by molar-refractivity contribution is 5.88. The van der Waals surface area contributed by atoms with E-state index in [1.54, 1.807) is 11.0 Å². The Balaban J connectivity index is 2.13. The Kier molecular flexibility index (Phi) is 5.41. The number of rotatable bonds is 4. The fourth-order valence-electron chi connectivity index (χ4n) is 3.30. The minimum Gasteiger partial charge on any atom is -0.332 e. The number of carbonyl (C=O) groups is 2. The molecule has 1 unspecified atom stereocenters. The van der Waals surface area contributed by atoms with Gasteiger partial charge in [0.2, 0.25) is 5.91 Å². The smallest absolute Gasteiger partial charge is 0.223 e. The molecule has 132 valence electrons. The van der Waals surface area contributed by atoms with Gasteiger partial charge in [0.1, 0.15) is 0 Å². The van der Waals surface area contributed by atoms with E-state index < -0.39 is 17.7 Å². The van der Waals surface area contributed by atoms with Gasteiger partial charge in [0.05, 0.1) is 6.04 Å². The molecule has 0 aliphatic carbocycles. The van der Waals surface area contributed by atoms with E-state index >= 15 is 0 Å². The second kappa shape index (κ2) is 6.99. The molecule has 1 saturated heterocycles. The number of halogens is 2. The number of Topliss-reactive ketones (excluding diaryl/α,β-unsaturated/α-hetero) is 1. The molecule has 0 aromatic heterocycles. The summed E-state index contributed by atoms with van der Waals surface area (Å²) in [4.78, 5) is 26.1. The van der Waals surface area contributed by atoms with Crippen LogP contribution in [-0.2, 0) is 16.0 Å². The van der Waals surface area contributed by atoms with Crippen LogP contribution in [0.15, 0.2) is 18.2 Å². The van der Waals surface area contributed by atoms with Crippen LogP contribution in [0.1, 0.15) is 46.1 Å². The summed E-state index contributed by atoms with van der Waals surface area (Å²) < 4.78 is 27.2. The summed E-state index contributed by atoms with van der Waals surface area (Å²) in [5.74, 6) is -1.85. The first-order valence-corrected chi connectivity index (χ1v) is 8.31. The normalized spacial score (nSPS) is 21.2. The van der Waals surface area contributed by atoms with Crippen LogP contribution in [-0.4, -0.2) is 29.2 Å². The lowest BCUT2D eigenvalue weighted by Crippen LogP contribution is -2.41. The Bertz CT molecular complexity index is 637. The average Bonchev–Trinajstić information content (AvgIpc) is 2.86. The van der Waals surface area contributed by atoms with Crippen molar-refractivity contribution in [3.63, 3.8) is 0 Å². The molecule has 1 fully saturated rings. The van der Waals surface area contributed by atoms with Crippen molar-refractivity contribution in [2.75, 3.05) is 6.54 Å². The third kappa shape index (κ3) is 4.40. The largest absolute Gasteiger partial charge is 0.332 e. The van der Waals surface area contributed by atoms with E-state index in [9.17, 15) is 18.4 Å². The van der Waals surface area contributed by atoms with E-state index in [0.29, 0.717) is 31.4 Å². The highest BCUT2D eigenvalue weighted by Gasteiger charge is 2.38. The molecular weight excluding hydrogens is 312 g/mol. The molecule has 3 nitrogen and oxygen atoms in total. The predicted octanol–water partition coefficient (Wildman–Crippen LogP) is 3.75. The summed E-state index contributed by atoms with van der Waals surface area (Å²) in [6.07, 6.45) is 1.19. The lowest BCUT2D eigenvalue weighted by Gasteiger charge is -2.26. The van der Waals surface area contributed by atoms with Crippen molar-refractivity contribution in [3.05, 3.63) is 35.4 Å². The van der Waals surface area contributed by atoms with Gasteiger partial charge in [0.25, 0.3) is 0 Å². The van der Waals surface area contributed by atoms with Gasteiger partial charge in [-0.2, -0.15) is 0 Å². The number of hydrogen-bond acceptors (Lipinski definition) is 2. The van der Waals surface area contributed by atoms with E-state index in [1.165, 1.54) is 13.0 Å². The number of likely N-dealkylation sites (tertiary alicyclic amines) is 1. The van der Waals surface area contributed by atoms with Gasteiger partial charge < -0.3 is 4.90 Å². The highest BCUT2D eigenvalue weighted by Crippen LogP contribution is 2.30. The maximum atomic E-state index is 13.9. The van der Waals surface area contributed by atoms with Crippen LogP contribution in [0, 0.1) is 23.0 Å². The Hall–Kier alpha value is -1.78. The second-order valence-corrected chi connectivity index (χ2v) is 7.93. The van der Waals surface area contributed by atoms with Crippen molar-refractivity contribution in [1.82, 2.24) is 4.90 Å². The van der Waals surface area contributed by atoms with Gasteiger partial charge in [-0.15, -0.1) is 0 Å². The summed E-state index contributed by atoms with van der Waals surface area (Å²) in [7, 11) is 0. The van der Waals surface area contributed by atoms with Gasteiger partial charge >= 0.3 is 0 Å². The number of amides is 1. The molecule has 1 aliphatic heterocycles. The molecule has 1 heterocycles. The Morgan fingerprint density at radius 2 is 1.92 bits per heavy atom. The molecule has 1 amide bonds. The van der Waals surface area contributed by atoms with Crippen LogP contribution in [0.5, 0.6) is 0 Å². The first kappa shape index (κ1) is 18.6. The Morgan fingerprint density at radius 1 is 1.25 bits per heavy atom. The van der Waals surface area contributed by atoms with Crippen molar-refractivity contribution in [2.24, 2.45) is 11.3 Å². The SMILES string of the molecule is CC(=O)[C@@H]1CC(Cc2cccc(F)c2F)CN1C(=O)CC(C)(C)C. The molecule has 1 aromatic rings. The first-order chi connectivity index (χ1) is 11.1. The van der Waals surface area contributed by atoms with Crippen LogP contribution < -0.4 is 0 Å². The third-order valence-electron chi connectivity index (χ3n) is 4.40. The molecule has 5 heteroatoms. The van der Waals surface area contributed by atoms with E-state index in [1.807, 2.05) is 20.8 Å². The fourth-order valence-corrected chi connectivity index (χ4v) is 3.30. The molecule has 0 radical (unpaired) electrons. The van der Waals surface area contributed by atoms with Crippen molar-refractivity contribution in [1.29, 1.82) is 0 Å². The quantitative estimate of drug-likeness (QED) is 0.839. The lowest BCUT2D eigenvalue weighted by molar-refractivity contribution is -0.138. The van der Waals surface area contributed by atoms with E-state index in [-0.39, 0.29) is 23.0 Å². The van der Waals surface area contributed by atoms with Crippen molar-refractivity contribution in [2.45, 2.75) is 53.0 Å². The second-order valence-electron chi connectivity index (χ2n) is 7.93. The number of benzene rings is 1. The summed E-state index contributed by atoms with van der Waals surface area (Å²) in [6.45, 7) is 7.82. The lowest BCUT2D eigenvalue weighted by atomic mass is 9.91. The third-order valence-corrected chi connectivity index (χ3v) is 4.40. The topological polar surface area (TPSA) is 37.4 Å². The van der Waals surface area contributed by atoms with Gasteiger partial charge in [0.15, 0.2) is 17.4 Å². The van der Waals surface area contributed by atoms with Crippen LogP contribution in [0.2, 0.25) is 0 Å². The average molecular weight is 337 g/mol. The van der Waals surface area contributed by atoms with Crippen molar-refractivity contribution < 1.29 is 18.4 Å². The summed E-state index contributed by atoms with van der Waals surface area (Å²) in [5, 5.41) is 0. The maximum absolute atomic E-state index is 13.9. The zero-order valence-corrected chi connectivity index (χ0v) is 14.7. The van der Waals surface area contributed by atoms with E-state index in [4.69, 9.17) is 0 Å². The standard InChI is InChI=1S/C19H25F2NO2/c1-12(23)16-9-13(8-14-6-5-7-15(20)18(14)21)11-22(16)17(24)10-19(2,3)4/h5-7,13,16H,8-11H2,1-4H3/t13?,16-/m0/s1. The molecule has 0 saturated carbocycles. The van der Waals surface area contributed by atoms with Gasteiger partial charge in [-0.1, -0.05) is 32.9 Å². The van der Waals surface area contributed by atoms with Crippen LogP contribution in [0.25, 0.3) is 0 Å². The summed E-state index contributed by atoms with van der Waals surface area (Å²) in [5.41, 5.74) is 0.137. The molecule has 2 rings (SSSR count). The van der Waals surface area contributed by atoms with E-state index in [2.05, 4.69) is 0 Å². The van der Waals surface area contributed by atoms with Crippen LogP contribution in [0.4, 0.5) is 8.78 Å². The van der Waals surface area contributed by atoms with Crippen molar-refractivity contribution in [3.8, 4) is 0 Å². The Morgan fingerprint density at radius 3 is 2.50 bits per heavy atom. The molecule has 2 atom stereocenters. The number of hydrogen-bond donors (Lipinski definition) is 0. The van der Waals surface area contributed by atoms with Crippen LogP contribution >= 0.6 is 0 Å². The van der Waals surface area contributed by atoms with Gasteiger partial charge in [-0.05, 0) is 42.7 Å². The van der Waals surface area contributed by atoms with Crippen molar-refractivity contribution >= 4 is 11.7 Å².